The second-order valence-electron chi connectivity index (χ2n) is 7.00. The summed E-state index contributed by atoms with van der Waals surface area (Å²) in [6.45, 7) is 10.0. The molecule has 1 aliphatic carbocycles. The molecule has 1 saturated heterocycles. The van der Waals surface area contributed by atoms with Crippen LogP contribution in [0.3, 0.4) is 0 Å². The van der Waals surface area contributed by atoms with Crippen molar-refractivity contribution >= 4 is 0 Å². The molecule has 2 aliphatic rings. The molecule has 0 amide bonds. The summed E-state index contributed by atoms with van der Waals surface area (Å²) < 4.78 is 6.11. The maximum Gasteiger partial charge on any atom is 0.0857 e. The summed E-state index contributed by atoms with van der Waals surface area (Å²) in [5.41, 5.74) is 0. The Labute approximate surface area is 125 Å². The summed E-state index contributed by atoms with van der Waals surface area (Å²) in [5, 5.41) is 3.58. The average molecular weight is 282 g/mol. The Hall–Kier alpha value is -0.120. The Morgan fingerprint density at radius 2 is 1.90 bits per heavy atom. The zero-order valence-electron chi connectivity index (χ0n) is 13.9. The number of nitrogens with one attached hydrogen (secondary N) is 1. The molecule has 0 bridgehead atoms. The van der Waals surface area contributed by atoms with E-state index < -0.39 is 0 Å². The molecule has 118 valence electrons. The molecular formula is C17H34N2O. The minimum atomic E-state index is 0.374. The fourth-order valence-corrected chi connectivity index (χ4v) is 4.06. The van der Waals surface area contributed by atoms with Gasteiger partial charge in [0.05, 0.1) is 12.7 Å². The number of hydrogen-bond donors (Lipinski definition) is 1. The Morgan fingerprint density at radius 3 is 2.45 bits per heavy atom. The molecule has 20 heavy (non-hydrogen) atoms. The molecule has 0 aromatic rings. The molecule has 1 aliphatic heterocycles. The van der Waals surface area contributed by atoms with Crippen LogP contribution >= 0.6 is 0 Å². The lowest BCUT2D eigenvalue weighted by Gasteiger charge is -2.43. The van der Waals surface area contributed by atoms with Gasteiger partial charge >= 0.3 is 0 Å². The maximum absolute atomic E-state index is 6.11. The Kier molecular flexibility index (Phi) is 6.31. The molecular weight excluding hydrogens is 248 g/mol. The van der Waals surface area contributed by atoms with Crippen molar-refractivity contribution in [2.75, 3.05) is 26.7 Å². The highest BCUT2D eigenvalue weighted by Gasteiger charge is 2.35. The van der Waals surface area contributed by atoms with Gasteiger partial charge < -0.3 is 10.1 Å². The maximum atomic E-state index is 6.11. The third kappa shape index (κ3) is 3.96. The van der Waals surface area contributed by atoms with E-state index in [-0.39, 0.29) is 0 Å². The molecule has 3 nitrogen and oxygen atoms in total. The summed E-state index contributed by atoms with van der Waals surface area (Å²) in [4.78, 5) is 2.57. The van der Waals surface area contributed by atoms with Crippen LogP contribution in [0, 0.1) is 11.8 Å². The summed E-state index contributed by atoms with van der Waals surface area (Å²) >= 11 is 0. The molecule has 1 saturated carbocycles. The minimum Gasteiger partial charge on any atom is -0.374 e. The third-order valence-electron chi connectivity index (χ3n) is 5.57. The van der Waals surface area contributed by atoms with Crippen molar-refractivity contribution in [3.63, 3.8) is 0 Å². The number of morpholine rings is 1. The topological polar surface area (TPSA) is 24.5 Å². The van der Waals surface area contributed by atoms with Gasteiger partial charge in [0.2, 0.25) is 0 Å². The SMILES string of the molecule is CCC1CCC(C(NC)C2CN(C(C)C)CCO2)CC1. The first-order chi connectivity index (χ1) is 9.65. The van der Waals surface area contributed by atoms with E-state index in [2.05, 4.69) is 38.0 Å². The Morgan fingerprint density at radius 1 is 1.20 bits per heavy atom. The lowest BCUT2D eigenvalue weighted by Crippen LogP contribution is -2.55. The summed E-state index contributed by atoms with van der Waals surface area (Å²) in [6, 6.07) is 1.17. The Balaban J connectivity index is 1.90. The summed E-state index contributed by atoms with van der Waals surface area (Å²) in [6.07, 6.45) is 7.33. The van der Waals surface area contributed by atoms with Crippen molar-refractivity contribution in [3.8, 4) is 0 Å². The predicted molar refractivity (Wildman–Crippen MR) is 85.0 cm³/mol. The van der Waals surface area contributed by atoms with Gasteiger partial charge in [0.15, 0.2) is 0 Å². The second kappa shape index (κ2) is 7.77. The van der Waals surface area contributed by atoms with Crippen LogP contribution < -0.4 is 5.32 Å². The number of rotatable bonds is 5. The number of ether oxygens (including phenoxy) is 1. The van der Waals surface area contributed by atoms with Crippen LogP contribution in [-0.2, 0) is 4.74 Å². The van der Waals surface area contributed by atoms with Gasteiger partial charge in [0.25, 0.3) is 0 Å². The zero-order valence-corrected chi connectivity index (χ0v) is 13.9. The van der Waals surface area contributed by atoms with Crippen LogP contribution in [0.2, 0.25) is 0 Å². The van der Waals surface area contributed by atoms with E-state index in [1.165, 1.54) is 32.1 Å². The van der Waals surface area contributed by atoms with Crippen LogP contribution in [0.1, 0.15) is 52.9 Å². The minimum absolute atomic E-state index is 0.374. The van der Waals surface area contributed by atoms with E-state index in [1.807, 2.05) is 0 Å². The second-order valence-corrected chi connectivity index (χ2v) is 7.00. The van der Waals surface area contributed by atoms with E-state index in [9.17, 15) is 0 Å². The van der Waals surface area contributed by atoms with Gasteiger partial charge in [0, 0.05) is 25.2 Å². The van der Waals surface area contributed by atoms with Gasteiger partial charge in [-0.05, 0) is 45.6 Å². The van der Waals surface area contributed by atoms with Crippen molar-refractivity contribution < 1.29 is 4.74 Å². The number of likely N-dealkylation sites (N-methyl/N-ethyl adjacent to an activating group) is 1. The molecule has 2 fully saturated rings. The first kappa shape index (κ1) is 16.3. The van der Waals surface area contributed by atoms with Crippen LogP contribution in [-0.4, -0.2) is 49.8 Å². The molecule has 2 unspecified atom stereocenters. The third-order valence-corrected chi connectivity index (χ3v) is 5.57. The van der Waals surface area contributed by atoms with Gasteiger partial charge in [-0.3, -0.25) is 4.90 Å². The molecule has 0 aromatic carbocycles. The van der Waals surface area contributed by atoms with Crippen LogP contribution in [0.4, 0.5) is 0 Å². The molecule has 1 heterocycles. The summed E-state index contributed by atoms with van der Waals surface area (Å²) in [7, 11) is 2.12. The quantitative estimate of drug-likeness (QED) is 0.839. The lowest BCUT2D eigenvalue weighted by molar-refractivity contribution is -0.0670. The monoisotopic (exact) mass is 282 g/mol. The highest BCUT2D eigenvalue weighted by molar-refractivity contribution is 4.90. The molecule has 2 rings (SSSR count). The average Bonchev–Trinajstić information content (AvgIpc) is 2.49. The van der Waals surface area contributed by atoms with E-state index >= 15 is 0 Å². The van der Waals surface area contributed by atoms with E-state index in [4.69, 9.17) is 4.74 Å². The van der Waals surface area contributed by atoms with Gasteiger partial charge in [0.1, 0.15) is 0 Å². The Bertz CT molecular complexity index is 274. The lowest BCUT2D eigenvalue weighted by atomic mass is 9.76. The van der Waals surface area contributed by atoms with Crippen LogP contribution in [0.5, 0.6) is 0 Å². The molecule has 2 atom stereocenters. The summed E-state index contributed by atoms with van der Waals surface area (Å²) in [5.74, 6) is 1.78. The fourth-order valence-electron chi connectivity index (χ4n) is 4.06. The van der Waals surface area contributed by atoms with Crippen molar-refractivity contribution in [2.24, 2.45) is 11.8 Å². The zero-order chi connectivity index (χ0) is 14.5. The first-order valence-corrected chi connectivity index (χ1v) is 8.68. The highest BCUT2D eigenvalue weighted by atomic mass is 16.5. The van der Waals surface area contributed by atoms with Crippen LogP contribution in [0.25, 0.3) is 0 Å². The van der Waals surface area contributed by atoms with Crippen LogP contribution in [0.15, 0.2) is 0 Å². The first-order valence-electron chi connectivity index (χ1n) is 8.68. The smallest absolute Gasteiger partial charge is 0.0857 e. The van der Waals surface area contributed by atoms with Gasteiger partial charge in [-0.1, -0.05) is 26.2 Å². The highest BCUT2D eigenvalue weighted by Crippen LogP contribution is 2.34. The fraction of sp³-hybridized carbons (Fsp3) is 1.00. The van der Waals surface area contributed by atoms with Crippen molar-refractivity contribution in [3.05, 3.63) is 0 Å². The van der Waals surface area contributed by atoms with E-state index in [0.717, 1.165) is 31.5 Å². The molecule has 3 heteroatoms. The number of nitrogens with zero attached hydrogens (tertiary/aromatic N) is 1. The van der Waals surface area contributed by atoms with E-state index in [0.29, 0.717) is 18.2 Å². The standard InChI is InChI=1S/C17H34N2O/c1-5-14-6-8-15(9-7-14)17(18-4)16-12-19(13(2)3)10-11-20-16/h13-18H,5-12H2,1-4H3. The molecule has 1 N–H and O–H groups in total. The normalized spacial score (nSPS) is 34.4. The molecule has 0 spiro atoms. The van der Waals surface area contributed by atoms with E-state index in [1.54, 1.807) is 0 Å². The molecule has 0 aromatic heterocycles. The van der Waals surface area contributed by atoms with Gasteiger partial charge in [-0.2, -0.15) is 0 Å². The largest absolute Gasteiger partial charge is 0.374 e. The van der Waals surface area contributed by atoms with Gasteiger partial charge in [-0.15, -0.1) is 0 Å². The van der Waals surface area contributed by atoms with Crippen molar-refractivity contribution in [1.82, 2.24) is 10.2 Å². The predicted octanol–water partition coefficient (Wildman–Crippen LogP) is 2.90. The van der Waals surface area contributed by atoms with Crippen molar-refractivity contribution in [1.29, 1.82) is 0 Å². The van der Waals surface area contributed by atoms with Gasteiger partial charge in [-0.25, -0.2) is 0 Å². The van der Waals surface area contributed by atoms with Crippen molar-refractivity contribution in [2.45, 2.75) is 71.1 Å². The molecule has 0 radical (unpaired) electrons. The number of hydrogen-bond acceptors (Lipinski definition) is 3.